The minimum atomic E-state index is 1.69. The summed E-state index contributed by atoms with van der Waals surface area (Å²) in [5.74, 6) is 0. The summed E-state index contributed by atoms with van der Waals surface area (Å²) < 4.78 is 0. The van der Waals surface area contributed by atoms with Crippen LogP contribution in [0.3, 0.4) is 0 Å². The van der Waals surface area contributed by atoms with Crippen molar-refractivity contribution in [1.29, 1.82) is 0 Å². The van der Waals surface area contributed by atoms with E-state index in [2.05, 4.69) is 10.5 Å². The molecule has 1 N–H and O–H groups in total. The first-order chi connectivity index (χ1) is 3.41. The molecule has 2 heteroatoms. The Morgan fingerprint density at radius 1 is 1.43 bits per heavy atom. The largest absolute Gasteiger partial charge is 0.313 e. The summed E-state index contributed by atoms with van der Waals surface area (Å²) in [6.45, 7) is 5.86. The van der Waals surface area contributed by atoms with Gasteiger partial charge in [0.05, 0.1) is 0 Å². The van der Waals surface area contributed by atoms with Gasteiger partial charge in [0.25, 0.3) is 0 Å². The zero-order valence-electron chi connectivity index (χ0n) is 5.52. The smallest absolute Gasteiger partial charge is 0.0217 e. The highest BCUT2D eigenvalue weighted by atomic mass is 15.2. The molecule has 44 valence electrons. The first-order valence-electron chi connectivity index (χ1n) is 2.56. The predicted octanol–water partition coefficient (Wildman–Crippen LogP) is 1.24. The monoisotopic (exact) mass is 102 g/mol. The molecule has 0 aromatic rings. The van der Waals surface area contributed by atoms with Crippen molar-refractivity contribution in [2.24, 2.45) is 5.10 Å². The highest BCUT2D eigenvalue weighted by Gasteiger charge is 1.44. The van der Waals surface area contributed by atoms with Crippen molar-refractivity contribution in [2.45, 2.75) is 20.8 Å². The van der Waals surface area contributed by atoms with Gasteiger partial charge in [-0.25, -0.2) is 0 Å². The molecule has 0 saturated carbocycles. The van der Waals surface area contributed by atoms with Crippen LogP contribution in [0, 0.1) is 0 Å². The fourth-order valence-corrected chi connectivity index (χ4v) is 0.129. The van der Waals surface area contributed by atoms with E-state index in [0.29, 0.717) is 0 Å². The number of hydrogen-bond donors (Lipinski definition) is 1. The lowest BCUT2D eigenvalue weighted by Crippen LogP contribution is -1.90. The van der Waals surface area contributed by atoms with Gasteiger partial charge in [-0.1, -0.05) is 13.8 Å². The Morgan fingerprint density at radius 2 is 1.86 bits per heavy atom. The maximum absolute atomic E-state index is 3.60. The second kappa shape index (κ2) is 17.9. The van der Waals surface area contributed by atoms with E-state index in [4.69, 9.17) is 0 Å². The van der Waals surface area contributed by atoms with Crippen molar-refractivity contribution in [1.82, 2.24) is 5.43 Å². The summed E-state index contributed by atoms with van der Waals surface area (Å²) >= 11 is 0. The second-order valence-corrected chi connectivity index (χ2v) is 0.611. The molecular formula is C5H14N2. The summed E-state index contributed by atoms with van der Waals surface area (Å²) in [7, 11) is 1.76. The molecule has 0 aliphatic carbocycles. The highest BCUT2D eigenvalue weighted by Crippen LogP contribution is 1.41. The van der Waals surface area contributed by atoms with Crippen LogP contribution in [0.1, 0.15) is 20.8 Å². The van der Waals surface area contributed by atoms with Crippen molar-refractivity contribution in [2.75, 3.05) is 7.05 Å². The van der Waals surface area contributed by atoms with E-state index in [-0.39, 0.29) is 0 Å². The topological polar surface area (TPSA) is 24.4 Å². The lowest BCUT2D eigenvalue weighted by molar-refractivity contribution is 0.906. The fourth-order valence-electron chi connectivity index (χ4n) is 0.129. The second-order valence-electron chi connectivity index (χ2n) is 0.611. The van der Waals surface area contributed by atoms with Gasteiger partial charge < -0.3 is 5.43 Å². The van der Waals surface area contributed by atoms with Crippen molar-refractivity contribution in [3.05, 3.63) is 0 Å². The molecule has 0 aliphatic rings. The van der Waals surface area contributed by atoms with Gasteiger partial charge in [0, 0.05) is 13.3 Å². The third kappa shape index (κ3) is 30.5. The molecule has 0 saturated heterocycles. The Bertz CT molecular complexity index is 33.1. The molecule has 7 heavy (non-hydrogen) atoms. The van der Waals surface area contributed by atoms with E-state index in [0.717, 1.165) is 0 Å². The molecule has 0 amide bonds. The standard InChI is InChI=1S/C3H8N2.C2H6/c1-3-5-4-2;1-2/h3-4H,1-2H3;1-2H3/b5-3+;. The first kappa shape index (κ1) is 9.69. The summed E-state index contributed by atoms with van der Waals surface area (Å²) in [6.07, 6.45) is 1.69. The zero-order valence-corrected chi connectivity index (χ0v) is 5.52. The van der Waals surface area contributed by atoms with E-state index in [9.17, 15) is 0 Å². The van der Waals surface area contributed by atoms with Crippen molar-refractivity contribution >= 4 is 6.21 Å². The van der Waals surface area contributed by atoms with Gasteiger partial charge in [-0.15, -0.1) is 0 Å². The van der Waals surface area contributed by atoms with Gasteiger partial charge in [0.1, 0.15) is 0 Å². The summed E-state index contributed by atoms with van der Waals surface area (Å²) in [4.78, 5) is 0. The quantitative estimate of drug-likeness (QED) is 0.391. The summed E-state index contributed by atoms with van der Waals surface area (Å²) in [5, 5.41) is 3.60. The van der Waals surface area contributed by atoms with Gasteiger partial charge >= 0.3 is 0 Å². The van der Waals surface area contributed by atoms with Crippen LogP contribution in [0.2, 0.25) is 0 Å². The third-order valence-corrected chi connectivity index (χ3v) is 0.258. The first-order valence-corrected chi connectivity index (χ1v) is 2.56. The molecule has 0 radical (unpaired) electrons. The van der Waals surface area contributed by atoms with E-state index >= 15 is 0 Å². The zero-order chi connectivity index (χ0) is 6.12. The van der Waals surface area contributed by atoms with E-state index in [1.165, 1.54) is 0 Å². The molecule has 0 unspecified atom stereocenters. The highest BCUT2D eigenvalue weighted by molar-refractivity contribution is 5.52. The molecule has 0 spiro atoms. The molecule has 0 heterocycles. The van der Waals surface area contributed by atoms with E-state index in [1.807, 2.05) is 20.8 Å². The van der Waals surface area contributed by atoms with Crippen LogP contribution in [-0.2, 0) is 0 Å². The lowest BCUT2D eigenvalue weighted by Gasteiger charge is -1.75. The number of rotatable bonds is 1. The van der Waals surface area contributed by atoms with Gasteiger partial charge in [0.2, 0.25) is 0 Å². The molecule has 0 rings (SSSR count). The van der Waals surface area contributed by atoms with Crippen LogP contribution in [0.4, 0.5) is 0 Å². The SMILES string of the molecule is C/C=N/NC.CC. The van der Waals surface area contributed by atoms with Crippen molar-refractivity contribution < 1.29 is 0 Å². The number of nitrogens with one attached hydrogen (secondary N) is 1. The maximum atomic E-state index is 3.60. The van der Waals surface area contributed by atoms with Crippen LogP contribution < -0.4 is 5.43 Å². The maximum Gasteiger partial charge on any atom is 0.0217 e. The number of hydrazone groups is 1. The lowest BCUT2D eigenvalue weighted by atomic mass is 10.9. The molecular weight excluding hydrogens is 88.1 g/mol. The number of nitrogens with zero attached hydrogens (tertiary/aromatic N) is 1. The van der Waals surface area contributed by atoms with Crippen LogP contribution >= 0.6 is 0 Å². The summed E-state index contributed by atoms with van der Waals surface area (Å²) in [6, 6.07) is 0. The predicted molar refractivity (Wildman–Crippen MR) is 34.6 cm³/mol. The third-order valence-electron chi connectivity index (χ3n) is 0.258. The molecule has 0 atom stereocenters. The number of hydrogen-bond acceptors (Lipinski definition) is 2. The van der Waals surface area contributed by atoms with Gasteiger partial charge in [-0.2, -0.15) is 5.10 Å². The molecule has 2 nitrogen and oxygen atoms in total. The molecule has 0 aromatic carbocycles. The van der Waals surface area contributed by atoms with Crippen LogP contribution in [0.5, 0.6) is 0 Å². The van der Waals surface area contributed by atoms with Gasteiger partial charge in [0.15, 0.2) is 0 Å². The van der Waals surface area contributed by atoms with Gasteiger partial charge in [-0.3, -0.25) is 0 Å². The Balaban J connectivity index is 0. The fraction of sp³-hybridized carbons (Fsp3) is 0.800. The molecule has 0 fully saturated rings. The van der Waals surface area contributed by atoms with Gasteiger partial charge in [-0.05, 0) is 6.92 Å². The Morgan fingerprint density at radius 3 is 1.86 bits per heavy atom. The average molecular weight is 102 g/mol. The molecule has 0 bridgehead atoms. The van der Waals surface area contributed by atoms with Crippen molar-refractivity contribution in [3.8, 4) is 0 Å². The summed E-state index contributed by atoms with van der Waals surface area (Å²) in [5.41, 5.74) is 2.59. The van der Waals surface area contributed by atoms with E-state index in [1.54, 1.807) is 13.3 Å². The minimum absolute atomic E-state index is 1.69. The van der Waals surface area contributed by atoms with Crippen LogP contribution in [0.25, 0.3) is 0 Å². The normalized spacial score (nSPS) is 7.43. The molecule has 0 aromatic heterocycles. The minimum Gasteiger partial charge on any atom is -0.313 e. The van der Waals surface area contributed by atoms with Crippen LogP contribution in [0.15, 0.2) is 5.10 Å². The average Bonchev–Trinajstić information content (AvgIpc) is 1.75. The Kier molecular flexibility index (Phi) is 24.8. The van der Waals surface area contributed by atoms with E-state index < -0.39 is 0 Å². The Hall–Kier alpha value is -0.530. The van der Waals surface area contributed by atoms with Crippen LogP contribution in [-0.4, -0.2) is 13.3 Å². The van der Waals surface area contributed by atoms with Crippen molar-refractivity contribution in [3.63, 3.8) is 0 Å². The molecule has 0 aliphatic heterocycles. The Labute approximate surface area is 45.6 Å².